The van der Waals surface area contributed by atoms with Crippen molar-refractivity contribution in [2.75, 3.05) is 11.4 Å². The highest BCUT2D eigenvalue weighted by atomic mass is 15.2. The van der Waals surface area contributed by atoms with Crippen LogP contribution in [0.25, 0.3) is 21.9 Å². The van der Waals surface area contributed by atoms with Crippen molar-refractivity contribution in [2.24, 2.45) is 7.05 Å². The number of hydrogen-bond donors (Lipinski definition) is 0. The molecule has 29 heavy (non-hydrogen) atoms. The topological polar surface area (TPSA) is 44.9 Å². The van der Waals surface area contributed by atoms with Gasteiger partial charge in [-0.2, -0.15) is 5.26 Å². The number of imidazole rings is 1. The summed E-state index contributed by atoms with van der Waals surface area (Å²) in [5.41, 5.74) is 4.85. The van der Waals surface area contributed by atoms with E-state index in [1.165, 1.54) is 0 Å². The summed E-state index contributed by atoms with van der Waals surface area (Å²) in [4.78, 5) is 6.46. The minimum absolute atomic E-state index is 0.671. The molecule has 0 unspecified atom stereocenters. The van der Waals surface area contributed by atoms with Gasteiger partial charge in [-0.05, 0) is 34.5 Å². The summed E-state index contributed by atoms with van der Waals surface area (Å²) in [6.45, 7) is 5.33. The standard InChI is InChI=1S/C25H22N4/c1-3-13-29(17-22-16-27-18-28(22)2)21-12-11-20(15-26)25(14-21)24-10-6-8-19-7-4-5-9-23(19)24/h3-12,14,16,18H,1,13,17H2,2H3. The maximum Gasteiger partial charge on any atom is 0.0998 e. The van der Waals surface area contributed by atoms with Crippen molar-refractivity contribution in [1.29, 1.82) is 5.26 Å². The largest absolute Gasteiger partial charge is 0.362 e. The van der Waals surface area contributed by atoms with E-state index >= 15 is 0 Å². The van der Waals surface area contributed by atoms with E-state index in [4.69, 9.17) is 0 Å². The van der Waals surface area contributed by atoms with Crippen LogP contribution in [0.15, 0.2) is 85.8 Å². The van der Waals surface area contributed by atoms with Crippen LogP contribution in [0.1, 0.15) is 11.3 Å². The minimum Gasteiger partial charge on any atom is -0.362 e. The van der Waals surface area contributed by atoms with Crippen molar-refractivity contribution in [3.8, 4) is 17.2 Å². The fourth-order valence-corrected chi connectivity index (χ4v) is 3.66. The van der Waals surface area contributed by atoms with E-state index < -0.39 is 0 Å². The average Bonchev–Trinajstić information content (AvgIpc) is 3.17. The summed E-state index contributed by atoms with van der Waals surface area (Å²) < 4.78 is 2.02. The Balaban J connectivity index is 1.83. The lowest BCUT2D eigenvalue weighted by molar-refractivity contribution is 0.769. The molecule has 0 spiro atoms. The molecule has 142 valence electrons. The van der Waals surface area contributed by atoms with E-state index in [9.17, 15) is 5.26 Å². The van der Waals surface area contributed by atoms with Gasteiger partial charge in [-0.25, -0.2) is 4.98 Å². The molecular weight excluding hydrogens is 356 g/mol. The number of aromatic nitrogens is 2. The second kappa shape index (κ2) is 8.04. The molecule has 0 aliphatic rings. The van der Waals surface area contributed by atoms with E-state index in [1.807, 2.05) is 60.5 Å². The molecule has 4 rings (SSSR count). The molecule has 0 atom stereocenters. The van der Waals surface area contributed by atoms with Crippen LogP contribution in [-0.2, 0) is 13.6 Å². The molecule has 0 aliphatic carbocycles. The smallest absolute Gasteiger partial charge is 0.0998 e. The van der Waals surface area contributed by atoms with Crippen molar-refractivity contribution in [2.45, 2.75) is 6.54 Å². The third kappa shape index (κ3) is 3.63. The molecule has 0 amide bonds. The third-order valence-corrected chi connectivity index (χ3v) is 5.19. The SMILES string of the molecule is C=CCN(Cc1cncn1C)c1ccc(C#N)c(-c2cccc3ccccc23)c1. The fourth-order valence-electron chi connectivity index (χ4n) is 3.66. The van der Waals surface area contributed by atoms with Gasteiger partial charge in [-0.3, -0.25) is 0 Å². The molecule has 1 heterocycles. The second-order valence-electron chi connectivity index (χ2n) is 7.03. The Morgan fingerprint density at radius 1 is 1.10 bits per heavy atom. The summed E-state index contributed by atoms with van der Waals surface area (Å²) in [5, 5.41) is 12.0. The van der Waals surface area contributed by atoms with Gasteiger partial charge in [0.15, 0.2) is 0 Å². The average molecular weight is 378 g/mol. The summed E-state index contributed by atoms with van der Waals surface area (Å²) >= 11 is 0. The molecule has 0 bridgehead atoms. The van der Waals surface area contributed by atoms with Gasteiger partial charge in [0.25, 0.3) is 0 Å². The van der Waals surface area contributed by atoms with Crippen LogP contribution in [0, 0.1) is 11.3 Å². The molecule has 0 aliphatic heterocycles. The van der Waals surface area contributed by atoms with Crippen LogP contribution in [0.4, 0.5) is 5.69 Å². The Morgan fingerprint density at radius 2 is 1.93 bits per heavy atom. The Bertz CT molecular complexity index is 1210. The second-order valence-corrected chi connectivity index (χ2v) is 7.03. The number of nitrogens with zero attached hydrogens (tertiary/aromatic N) is 4. The quantitative estimate of drug-likeness (QED) is 0.427. The molecule has 4 aromatic rings. The number of hydrogen-bond acceptors (Lipinski definition) is 3. The highest BCUT2D eigenvalue weighted by Gasteiger charge is 2.14. The number of rotatable bonds is 6. The summed E-state index contributed by atoms with van der Waals surface area (Å²) in [5.74, 6) is 0. The molecule has 0 fully saturated rings. The van der Waals surface area contributed by atoms with Gasteiger partial charge in [0.1, 0.15) is 0 Å². The van der Waals surface area contributed by atoms with Gasteiger partial charge in [0, 0.05) is 31.0 Å². The van der Waals surface area contributed by atoms with Gasteiger partial charge in [-0.1, -0.05) is 48.5 Å². The minimum atomic E-state index is 0.671. The number of aryl methyl sites for hydroxylation is 1. The van der Waals surface area contributed by atoms with Crippen LogP contribution in [0.2, 0.25) is 0 Å². The van der Waals surface area contributed by atoms with E-state index in [0.29, 0.717) is 18.7 Å². The van der Waals surface area contributed by atoms with Crippen molar-refractivity contribution >= 4 is 16.5 Å². The van der Waals surface area contributed by atoms with Crippen LogP contribution < -0.4 is 4.90 Å². The third-order valence-electron chi connectivity index (χ3n) is 5.19. The zero-order chi connectivity index (χ0) is 20.2. The normalized spacial score (nSPS) is 10.6. The summed E-state index contributed by atoms with van der Waals surface area (Å²) in [6, 6.07) is 22.9. The number of nitriles is 1. The van der Waals surface area contributed by atoms with Crippen LogP contribution in [0.5, 0.6) is 0 Å². The highest BCUT2D eigenvalue weighted by molar-refractivity contribution is 5.98. The van der Waals surface area contributed by atoms with Gasteiger partial charge in [0.2, 0.25) is 0 Å². The number of fused-ring (bicyclic) bond motifs is 1. The summed E-state index contributed by atoms with van der Waals surface area (Å²) in [7, 11) is 1.99. The number of benzene rings is 3. The van der Waals surface area contributed by atoms with Crippen molar-refractivity contribution < 1.29 is 0 Å². The molecule has 3 aromatic carbocycles. The highest BCUT2D eigenvalue weighted by Crippen LogP contribution is 2.34. The maximum absolute atomic E-state index is 9.74. The van der Waals surface area contributed by atoms with Crippen molar-refractivity contribution in [1.82, 2.24) is 9.55 Å². The zero-order valence-electron chi connectivity index (χ0n) is 16.4. The first-order valence-electron chi connectivity index (χ1n) is 9.54. The zero-order valence-corrected chi connectivity index (χ0v) is 16.4. The van der Waals surface area contributed by atoms with Gasteiger partial charge in [-0.15, -0.1) is 6.58 Å². The Hall–Kier alpha value is -3.84. The maximum atomic E-state index is 9.74. The summed E-state index contributed by atoms with van der Waals surface area (Å²) in [6.07, 6.45) is 5.58. The predicted molar refractivity (Wildman–Crippen MR) is 119 cm³/mol. The fraction of sp³-hybridized carbons (Fsp3) is 0.120. The Kier molecular flexibility index (Phi) is 5.13. The lowest BCUT2D eigenvalue weighted by atomic mass is 9.94. The van der Waals surface area contributed by atoms with Crippen LogP contribution in [0.3, 0.4) is 0 Å². The first-order valence-corrected chi connectivity index (χ1v) is 9.54. The van der Waals surface area contributed by atoms with Crippen LogP contribution in [-0.4, -0.2) is 16.1 Å². The molecule has 1 aromatic heterocycles. The molecule has 0 radical (unpaired) electrons. The molecule has 4 nitrogen and oxygen atoms in total. The van der Waals surface area contributed by atoms with E-state index in [2.05, 4.69) is 52.9 Å². The van der Waals surface area contributed by atoms with Gasteiger partial charge < -0.3 is 9.47 Å². The molecule has 4 heteroatoms. The van der Waals surface area contributed by atoms with E-state index in [1.54, 1.807) is 0 Å². The first-order chi connectivity index (χ1) is 14.2. The van der Waals surface area contributed by atoms with Crippen LogP contribution >= 0.6 is 0 Å². The van der Waals surface area contributed by atoms with Crippen molar-refractivity contribution in [3.63, 3.8) is 0 Å². The van der Waals surface area contributed by atoms with Gasteiger partial charge >= 0.3 is 0 Å². The molecule has 0 saturated heterocycles. The predicted octanol–water partition coefficient (Wildman–Crippen LogP) is 5.30. The Morgan fingerprint density at radius 3 is 2.69 bits per heavy atom. The lowest BCUT2D eigenvalue weighted by Crippen LogP contribution is -2.23. The Labute approximate surface area is 171 Å². The van der Waals surface area contributed by atoms with E-state index in [0.717, 1.165) is 33.3 Å². The first kappa shape index (κ1) is 18.5. The molecular formula is C25H22N4. The van der Waals surface area contributed by atoms with Gasteiger partial charge in [0.05, 0.1) is 30.2 Å². The van der Waals surface area contributed by atoms with E-state index in [-0.39, 0.29) is 0 Å². The number of anilines is 1. The molecule has 0 N–H and O–H groups in total. The lowest BCUT2D eigenvalue weighted by Gasteiger charge is -2.24. The van der Waals surface area contributed by atoms with Crippen molar-refractivity contribution in [3.05, 3.63) is 97.1 Å². The monoisotopic (exact) mass is 378 g/mol. The molecule has 0 saturated carbocycles.